The van der Waals surface area contributed by atoms with Crippen LogP contribution in [0.3, 0.4) is 0 Å². The highest BCUT2D eigenvalue weighted by Gasteiger charge is 2.31. The lowest BCUT2D eigenvalue weighted by atomic mass is 10.1. The van der Waals surface area contributed by atoms with Crippen LogP contribution in [-0.2, 0) is 9.59 Å². The zero-order valence-electron chi connectivity index (χ0n) is 14.1. The molecule has 1 aliphatic heterocycles. The van der Waals surface area contributed by atoms with Crippen molar-refractivity contribution in [1.82, 2.24) is 4.90 Å². The lowest BCUT2D eigenvalue weighted by molar-refractivity contribution is -0.137. The van der Waals surface area contributed by atoms with Gasteiger partial charge in [-0.25, -0.2) is 0 Å². The Balaban J connectivity index is 1.99. The zero-order valence-corrected chi connectivity index (χ0v) is 15.7. The number of aliphatic carboxylic acids is 1. The monoisotopic (exact) mass is 379 g/mol. The second-order valence-corrected chi connectivity index (χ2v) is 7.18. The molecule has 0 saturated carbocycles. The Morgan fingerprint density at radius 2 is 2.08 bits per heavy atom. The van der Waals surface area contributed by atoms with E-state index in [1.807, 2.05) is 37.3 Å². The molecule has 5 nitrogen and oxygen atoms in total. The second kappa shape index (κ2) is 9.58. The van der Waals surface area contributed by atoms with Gasteiger partial charge in [0.05, 0.1) is 11.5 Å². The van der Waals surface area contributed by atoms with Gasteiger partial charge in [0.2, 0.25) is 0 Å². The summed E-state index contributed by atoms with van der Waals surface area (Å²) < 4.78 is 6.13. The number of nitrogens with zero attached hydrogens (tertiary/aromatic N) is 1. The fourth-order valence-corrected chi connectivity index (χ4v) is 3.74. The maximum atomic E-state index is 12.6. The molecular formula is C18H21NO4S2. The Hall–Kier alpha value is -1.86. The highest BCUT2D eigenvalue weighted by Crippen LogP contribution is 2.34. The van der Waals surface area contributed by atoms with E-state index in [1.54, 1.807) is 4.90 Å². The maximum Gasteiger partial charge on any atom is 0.303 e. The minimum Gasteiger partial charge on any atom is -0.493 e. The molecule has 25 heavy (non-hydrogen) atoms. The van der Waals surface area contributed by atoms with Crippen molar-refractivity contribution in [1.29, 1.82) is 0 Å². The number of carbonyl (C=O) groups excluding carboxylic acids is 1. The van der Waals surface area contributed by atoms with Gasteiger partial charge in [-0.1, -0.05) is 48.6 Å². The average Bonchev–Trinajstić information content (AvgIpc) is 2.83. The molecule has 1 saturated heterocycles. The zero-order chi connectivity index (χ0) is 18.2. The number of carbonyl (C=O) groups is 2. The summed E-state index contributed by atoms with van der Waals surface area (Å²) >= 11 is 6.61. The standard InChI is InChI=1S/C18H21NO4S2/c1-2-23-14-9-6-5-8-13(14)12-15-17(22)19(18(24)25-15)11-7-3-4-10-16(20)21/h5-6,8-9,12H,2-4,7,10-11H2,1H3,(H,20,21)/b15-12-. The topological polar surface area (TPSA) is 66.8 Å². The van der Waals surface area contributed by atoms with Crippen LogP contribution in [0, 0.1) is 0 Å². The highest BCUT2D eigenvalue weighted by atomic mass is 32.2. The van der Waals surface area contributed by atoms with Crippen LogP contribution in [0.5, 0.6) is 5.75 Å². The van der Waals surface area contributed by atoms with Gasteiger partial charge in [-0.05, 0) is 31.9 Å². The number of benzene rings is 1. The molecule has 0 atom stereocenters. The maximum absolute atomic E-state index is 12.6. The van der Waals surface area contributed by atoms with Crippen molar-refractivity contribution in [3.8, 4) is 5.75 Å². The molecule has 1 aliphatic rings. The van der Waals surface area contributed by atoms with Gasteiger partial charge in [-0.15, -0.1) is 0 Å². The van der Waals surface area contributed by atoms with Crippen molar-refractivity contribution in [2.45, 2.75) is 32.6 Å². The molecule has 1 aromatic carbocycles. The number of carboxylic acid groups (broad SMARTS) is 1. The van der Waals surface area contributed by atoms with E-state index >= 15 is 0 Å². The molecule has 0 unspecified atom stereocenters. The fourth-order valence-electron chi connectivity index (χ4n) is 2.44. The summed E-state index contributed by atoms with van der Waals surface area (Å²) in [5.41, 5.74) is 0.853. The molecular weight excluding hydrogens is 358 g/mol. The van der Waals surface area contributed by atoms with Crippen molar-refractivity contribution in [3.05, 3.63) is 34.7 Å². The van der Waals surface area contributed by atoms with Gasteiger partial charge in [0, 0.05) is 18.5 Å². The number of para-hydroxylation sites is 1. The molecule has 0 spiro atoms. The minimum absolute atomic E-state index is 0.0977. The van der Waals surface area contributed by atoms with Crippen LogP contribution in [0.2, 0.25) is 0 Å². The molecule has 2 rings (SSSR count). The summed E-state index contributed by atoms with van der Waals surface area (Å²) in [5, 5.41) is 8.64. The SMILES string of the molecule is CCOc1ccccc1/C=C1\SC(=S)N(CCCCCC(=O)O)C1=O. The number of ether oxygens (including phenoxy) is 1. The number of rotatable bonds is 9. The van der Waals surface area contributed by atoms with Crippen LogP contribution in [-0.4, -0.2) is 39.4 Å². The number of carboxylic acids is 1. The predicted molar refractivity (Wildman–Crippen MR) is 104 cm³/mol. The van der Waals surface area contributed by atoms with E-state index in [2.05, 4.69) is 0 Å². The summed E-state index contributed by atoms with van der Waals surface area (Å²) in [5.74, 6) is -0.148. The third-order valence-electron chi connectivity index (χ3n) is 3.65. The van der Waals surface area contributed by atoms with Gasteiger partial charge in [-0.3, -0.25) is 14.5 Å². The molecule has 0 aliphatic carbocycles. The van der Waals surface area contributed by atoms with Crippen molar-refractivity contribution in [3.63, 3.8) is 0 Å². The number of amides is 1. The highest BCUT2D eigenvalue weighted by molar-refractivity contribution is 8.26. The molecule has 1 amide bonds. The van der Waals surface area contributed by atoms with E-state index in [4.69, 9.17) is 22.1 Å². The van der Waals surface area contributed by atoms with E-state index in [9.17, 15) is 9.59 Å². The van der Waals surface area contributed by atoms with Crippen molar-refractivity contribution < 1.29 is 19.4 Å². The summed E-state index contributed by atoms with van der Waals surface area (Å²) in [6.07, 6.45) is 4.08. The first-order valence-corrected chi connectivity index (χ1v) is 9.44. The van der Waals surface area contributed by atoms with Crippen LogP contribution in [0.4, 0.5) is 0 Å². The van der Waals surface area contributed by atoms with Crippen LogP contribution in [0.25, 0.3) is 6.08 Å². The van der Waals surface area contributed by atoms with Crippen molar-refractivity contribution in [2.24, 2.45) is 0 Å². The van der Waals surface area contributed by atoms with E-state index in [1.165, 1.54) is 11.8 Å². The molecule has 1 aromatic rings. The molecule has 0 aromatic heterocycles. The lowest BCUT2D eigenvalue weighted by Crippen LogP contribution is -2.29. The first-order chi connectivity index (χ1) is 12.0. The van der Waals surface area contributed by atoms with Gasteiger partial charge in [0.15, 0.2) is 0 Å². The van der Waals surface area contributed by atoms with Gasteiger partial charge in [-0.2, -0.15) is 0 Å². The van der Waals surface area contributed by atoms with Crippen molar-refractivity contribution >= 4 is 46.3 Å². The number of thioether (sulfide) groups is 1. The van der Waals surface area contributed by atoms with Gasteiger partial charge in [0.25, 0.3) is 5.91 Å². The van der Waals surface area contributed by atoms with Crippen LogP contribution >= 0.6 is 24.0 Å². The van der Waals surface area contributed by atoms with Crippen LogP contribution < -0.4 is 4.74 Å². The molecule has 1 heterocycles. The Morgan fingerprint density at radius 1 is 1.32 bits per heavy atom. The van der Waals surface area contributed by atoms with Gasteiger partial charge in [0.1, 0.15) is 10.1 Å². The summed E-state index contributed by atoms with van der Waals surface area (Å²) in [6.45, 7) is 3.00. The average molecular weight is 380 g/mol. The minimum atomic E-state index is -0.790. The quantitative estimate of drug-likeness (QED) is 0.398. The summed E-state index contributed by atoms with van der Waals surface area (Å²) in [4.78, 5) is 25.3. The van der Waals surface area contributed by atoms with E-state index in [-0.39, 0.29) is 12.3 Å². The largest absolute Gasteiger partial charge is 0.493 e. The molecule has 7 heteroatoms. The molecule has 0 bridgehead atoms. The number of hydrogen-bond donors (Lipinski definition) is 1. The van der Waals surface area contributed by atoms with E-state index in [0.29, 0.717) is 28.8 Å². The van der Waals surface area contributed by atoms with E-state index in [0.717, 1.165) is 24.2 Å². The molecule has 1 N–H and O–H groups in total. The third kappa shape index (κ3) is 5.57. The Kier molecular flexibility index (Phi) is 7.46. The summed E-state index contributed by atoms with van der Waals surface area (Å²) in [6, 6.07) is 7.57. The first-order valence-electron chi connectivity index (χ1n) is 8.22. The number of unbranched alkanes of at least 4 members (excludes halogenated alkanes) is 2. The van der Waals surface area contributed by atoms with Crippen LogP contribution in [0.15, 0.2) is 29.2 Å². The predicted octanol–water partition coefficient (Wildman–Crippen LogP) is 3.93. The molecule has 0 radical (unpaired) electrons. The number of hydrogen-bond acceptors (Lipinski definition) is 5. The molecule has 134 valence electrons. The molecule has 1 fully saturated rings. The lowest BCUT2D eigenvalue weighted by Gasteiger charge is -2.13. The fraction of sp³-hybridized carbons (Fsp3) is 0.389. The first kappa shape index (κ1) is 19.5. The van der Waals surface area contributed by atoms with E-state index < -0.39 is 5.97 Å². The second-order valence-electron chi connectivity index (χ2n) is 5.51. The van der Waals surface area contributed by atoms with Crippen LogP contribution in [0.1, 0.15) is 38.2 Å². The normalized spacial score (nSPS) is 15.9. The van der Waals surface area contributed by atoms with Crippen molar-refractivity contribution in [2.75, 3.05) is 13.2 Å². The smallest absolute Gasteiger partial charge is 0.303 e. The van der Waals surface area contributed by atoms with Gasteiger partial charge >= 0.3 is 5.97 Å². The number of thiocarbonyl (C=S) groups is 1. The van der Waals surface area contributed by atoms with Gasteiger partial charge < -0.3 is 9.84 Å². The third-order valence-corrected chi connectivity index (χ3v) is 5.03. The Morgan fingerprint density at radius 3 is 2.80 bits per heavy atom. The summed E-state index contributed by atoms with van der Waals surface area (Å²) in [7, 11) is 0. The Bertz CT molecular complexity index is 687. The Labute approximate surface area is 157 Å².